The molecule has 0 N–H and O–H groups in total. The topological polar surface area (TPSA) is 107 Å². The first-order chi connectivity index (χ1) is 11.8. The van der Waals surface area contributed by atoms with Gasteiger partial charge in [0.25, 0.3) is 15.7 Å². The molecule has 132 valence electrons. The number of carbonyl (C=O) groups is 1. The average Bonchev–Trinajstić information content (AvgIpc) is 2.59. The van der Waals surface area contributed by atoms with Gasteiger partial charge in [0.15, 0.2) is 0 Å². The lowest BCUT2D eigenvalue weighted by molar-refractivity contribution is -0.385. The van der Waals surface area contributed by atoms with Crippen LogP contribution in [0.25, 0.3) is 0 Å². The van der Waals surface area contributed by atoms with Gasteiger partial charge < -0.3 is 4.74 Å². The highest BCUT2D eigenvalue weighted by Gasteiger charge is 2.29. The van der Waals surface area contributed by atoms with E-state index in [1.165, 1.54) is 24.3 Å². The molecule has 2 rings (SSSR count). The molecule has 10 heteroatoms. The molecule has 0 amide bonds. The number of carbonyl (C=O) groups excluding carboxylic acids is 1. The van der Waals surface area contributed by atoms with Gasteiger partial charge in [-0.25, -0.2) is 8.42 Å². The Kier molecular flexibility index (Phi) is 5.95. The van der Waals surface area contributed by atoms with Crippen LogP contribution in [-0.2, 0) is 19.6 Å². The van der Waals surface area contributed by atoms with Crippen molar-refractivity contribution in [3.63, 3.8) is 0 Å². The van der Waals surface area contributed by atoms with Crippen molar-refractivity contribution >= 4 is 50.0 Å². The average molecular weight is 476 g/mol. The summed E-state index contributed by atoms with van der Waals surface area (Å²) in [5, 5.41) is 10.9. The summed E-state index contributed by atoms with van der Waals surface area (Å²) in [7, 11) is -3.06. The molecule has 8 nitrogen and oxygen atoms in total. The number of methoxy groups -OCH3 is 1. The highest BCUT2D eigenvalue weighted by molar-refractivity contribution is 14.1. The second kappa shape index (κ2) is 7.78. The van der Waals surface area contributed by atoms with Gasteiger partial charge in [0.1, 0.15) is 6.54 Å². The maximum absolute atomic E-state index is 13.0. The Morgan fingerprint density at radius 2 is 1.92 bits per heavy atom. The fourth-order valence-corrected chi connectivity index (χ4v) is 3.98. The zero-order valence-electron chi connectivity index (χ0n) is 13.0. The quantitative estimate of drug-likeness (QED) is 0.275. The van der Waals surface area contributed by atoms with E-state index in [1.807, 2.05) is 22.6 Å². The maximum Gasteiger partial charge on any atom is 0.326 e. The van der Waals surface area contributed by atoms with E-state index in [1.54, 1.807) is 18.2 Å². The van der Waals surface area contributed by atoms with Crippen molar-refractivity contribution in [3.8, 4) is 0 Å². The van der Waals surface area contributed by atoms with Gasteiger partial charge in [0.05, 0.1) is 22.6 Å². The van der Waals surface area contributed by atoms with Gasteiger partial charge in [-0.15, -0.1) is 0 Å². The Bertz CT molecular complexity index is 916. The molecule has 0 spiro atoms. The molecule has 0 aliphatic carbocycles. The van der Waals surface area contributed by atoms with Crippen LogP contribution in [0.15, 0.2) is 53.4 Å². The van der Waals surface area contributed by atoms with Crippen molar-refractivity contribution in [2.75, 3.05) is 18.0 Å². The second-order valence-corrected chi connectivity index (χ2v) is 7.93. The number of halogens is 1. The van der Waals surface area contributed by atoms with Gasteiger partial charge in [-0.3, -0.25) is 19.2 Å². The summed E-state index contributed by atoms with van der Waals surface area (Å²) < 4.78 is 32.1. The van der Waals surface area contributed by atoms with Crippen LogP contribution >= 0.6 is 22.6 Å². The van der Waals surface area contributed by atoms with Gasteiger partial charge in [0, 0.05) is 15.7 Å². The number of sulfonamides is 1. The second-order valence-electron chi connectivity index (χ2n) is 4.82. The molecule has 0 aromatic heterocycles. The van der Waals surface area contributed by atoms with E-state index in [2.05, 4.69) is 4.74 Å². The van der Waals surface area contributed by atoms with E-state index in [9.17, 15) is 23.3 Å². The molecule has 0 bridgehead atoms. The van der Waals surface area contributed by atoms with E-state index in [0.717, 1.165) is 21.1 Å². The number of nitrogens with zero attached hydrogens (tertiary/aromatic N) is 2. The van der Waals surface area contributed by atoms with Crippen LogP contribution in [0.5, 0.6) is 0 Å². The zero-order valence-corrected chi connectivity index (χ0v) is 15.9. The van der Waals surface area contributed by atoms with Crippen LogP contribution in [0.3, 0.4) is 0 Å². The minimum Gasteiger partial charge on any atom is -0.468 e. The normalized spacial score (nSPS) is 11.0. The summed E-state index contributed by atoms with van der Waals surface area (Å²) in [6, 6.07) is 11.2. The molecule has 0 aliphatic rings. The van der Waals surface area contributed by atoms with E-state index in [4.69, 9.17) is 0 Å². The van der Waals surface area contributed by atoms with Gasteiger partial charge in [-0.1, -0.05) is 12.1 Å². The van der Waals surface area contributed by atoms with Crippen LogP contribution in [-0.4, -0.2) is 33.0 Å². The van der Waals surface area contributed by atoms with Crippen molar-refractivity contribution in [3.05, 3.63) is 62.2 Å². The largest absolute Gasteiger partial charge is 0.468 e. The number of anilines is 1. The molecule has 0 radical (unpaired) electrons. The molecule has 0 atom stereocenters. The number of nitro groups is 1. The van der Waals surface area contributed by atoms with Gasteiger partial charge in [0.2, 0.25) is 0 Å². The summed E-state index contributed by atoms with van der Waals surface area (Å²) in [5.74, 6) is -0.757. The van der Waals surface area contributed by atoms with Crippen molar-refractivity contribution in [1.29, 1.82) is 0 Å². The third-order valence-electron chi connectivity index (χ3n) is 3.21. The Labute approximate surface area is 157 Å². The van der Waals surface area contributed by atoms with Crippen molar-refractivity contribution in [2.45, 2.75) is 4.90 Å². The summed E-state index contributed by atoms with van der Waals surface area (Å²) in [4.78, 5) is 21.6. The zero-order chi connectivity index (χ0) is 18.6. The molecular weight excluding hydrogens is 463 g/mol. The maximum atomic E-state index is 13.0. The molecule has 0 heterocycles. The molecule has 0 saturated carbocycles. The molecular formula is C15H13IN2O6S. The van der Waals surface area contributed by atoms with Gasteiger partial charge in [-0.05, 0) is 46.9 Å². The lowest BCUT2D eigenvalue weighted by Crippen LogP contribution is -2.36. The van der Waals surface area contributed by atoms with E-state index in [-0.39, 0.29) is 16.3 Å². The van der Waals surface area contributed by atoms with E-state index < -0.39 is 27.5 Å². The minimum atomic E-state index is -4.21. The van der Waals surface area contributed by atoms with Crippen LogP contribution in [0.1, 0.15) is 0 Å². The van der Waals surface area contributed by atoms with Gasteiger partial charge in [-0.2, -0.15) is 0 Å². The summed E-state index contributed by atoms with van der Waals surface area (Å²) >= 11 is 2.01. The SMILES string of the molecule is COC(=O)CN(c1cccc(I)c1)S(=O)(=O)c1cccc([N+](=O)[O-])c1. The Morgan fingerprint density at radius 3 is 2.52 bits per heavy atom. The van der Waals surface area contributed by atoms with Crippen molar-refractivity contribution < 1.29 is 22.9 Å². The number of rotatable bonds is 6. The Balaban J connectivity index is 2.57. The number of non-ortho nitro benzene ring substituents is 1. The van der Waals surface area contributed by atoms with E-state index >= 15 is 0 Å². The highest BCUT2D eigenvalue weighted by atomic mass is 127. The lowest BCUT2D eigenvalue weighted by atomic mass is 10.3. The smallest absolute Gasteiger partial charge is 0.326 e. The van der Waals surface area contributed by atoms with Crippen LogP contribution in [0.4, 0.5) is 11.4 Å². The number of ether oxygens (including phenoxy) is 1. The number of hydrogen-bond donors (Lipinski definition) is 0. The minimum absolute atomic E-state index is 0.254. The van der Waals surface area contributed by atoms with Crippen LogP contribution in [0.2, 0.25) is 0 Å². The Hall–Kier alpha value is -2.21. The molecule has 0 saturated heterocycles. The third kappa shape index (κ3) is 4.45. The monoisotopic (exact) mass is 476 g/mol. The predicted octanol–water partition coefficient (Wildman–Crippen LogP) is 2.57. The lowest BCUT2D eigenvalue weighted by Gasteiger charge is -2.23. The predicted molar refractivity (Wildman–Crippen MR) is 98.8 cm³/mol. The number of benzene rings is 2. The first kappa shape index (κ1) is 19.1. The molecule has 2 aromatic rings. The number of nitro benzene ring substituents is 1. The van der Waals surface area contributed by atoms with Crippen molar-refractivity contribution in [2.24, 2.45) is 0 Å². The highest BCUT2D eigenvalue weighted by Crippen LogP contribution is 2.27. The number of hydrogen-bond acceptors (Lipinski definition) is 6. The van der Waals surface area contributed by atoms with Crippen LogP contribution < -0.4 is 4.31 Å². The standard InChI is InChI=1S/C15H13IN2O6S/c1-24-15(19)10-17(12-5-2-4-11(16)8-12)25(22,23)14-7-3-6-13(9-14)18(20)21/h2-9H,10H2,1H3. The van der Waals surface area contributed by atoms with E-state index in [0.29, 0.717) is 0 Å². The van der Waals surface area contributed by atoms with Crippen LogP contribution in [0, 0.1) is 13.7 Å². The van der Waals surface area contributed by atoms with Gasteiger partial charge >= 0.3 is 5.97 Å². The molecule has 0 fully saturated rings. The molecule has 2 aromatic carbocycles. The molecule has 0 unspecified atom stereocenters. The van der Waals surface area contributed by atoms with Crippen molar-refractivity contribution in [1.82, 2.24) is 0 Å². The summed E-state index contributed by atoms with van der Waals surface area (Å²) in [6.45, 7) is -0.554. The summed E-state index contributed by atoms with van der Waals surface area (Å²) in [6.07, 6.45) is 0. The number of esters is 1. The molecule has 25 heavy (non-hydrogen) atoms. The molecule has 0 aliphatic heterocycles. The first-order valence-corrected chi connectivity index (χ1v) is 9.37. The summed E-state index contributed by atoms with van der Waals surface area (Å²) in [5.41, 5.74) is -0.106. The fourth-order valence-electron chi connectivity index (χ4n) is 2.01. The fraction of sp³-hybridized carbons (Fsp3) is 0.133. The third-order valence-corrected chi connectivity index (χ3v) is 5.65. The Morgan fingerprint density at radius 1 is 1.24 bits per heavy atom. The first-order valence-electron chi connectivity index (χ1n) is 6.85.